The number of hydrogen-bond acceptors (Lipinski definition) is 5. The zero-order valence-electron chi connectivity index (χ0n) is 11.8. The van der Waals surface area contributed by atoms with Gasteiger partial charge >= 0.3 is 0 Å². The molecular formula is C13H23N5. The van der Waals surface area contributed by atoms with Gasteiger partial charge in [0.1, 0.15) is 18.0 Å². The highest BCUT2D eigenvalue weighted by molar-refractivity contribution is 5.49. The molecule has 5 heteroatoms. The molecule has 5 nitrogen and oxygen atoms in total. The van der Waals surface area contributed by atoms with E-state index in [1.54, 1.807) is 6.33 Å². The summed E-state index contributed by atoms with van der Waals surface area (Å²) >= 11 is 0. The van der Waals surface area contributed by atoms with E-state index in [4.69, 9.17) is 0 Å². The molecule has 0 atom stereocenters. The van der Waals surface area contributed by atoms with Crippen LogP contribution in [0, 0.1) is 5.41 Å². The molecule has 18 heavy (non-hydrogen) atoms. The molecule has 1 aliphatic rings. The molecule has 0 unspecified atom stereocenters. The summed E-state index contributed by atoms with van der Waals surface area (Å²) in [6.07, 6.45) is 1.65. The SMILES string of the molecule is CN(C)c1cc(N2CCNCC(C)(C)C2)ncn1. The summed E-state index contributed by atoms with van der Waals surface area (Å²) in [5.41, 5.74) is 0.264. The number of hydrogen-bond donors (Lipinski definition) is 1. The Bertz CT molecular complexity index is 402. The van der Waals surface area contributed by atoms with Gasteiger partial charge in [-0.1, -0.05) is 13.8 Å². The minimum absolute atomic E-state index is 0.264. The van der Waals surface area contributed by atoms with Gasteiger partial charge in [-0.2, -0.15) is 0 Å². The van der Waals surface area contributed by atoms with Gasteiger partial charge in [-0.3, -0.25) is 0 Å². The second-order valence-corrected chi connectivity index (χ2v) is 5.89. The number of nitrogens with one attached hydrogen (secondary N) is 1. The molecule has 1 aromatic rings. The summed E-state index contributed by atoms with van der Waals surface area (Å²) < 4.78 is 0. The topological polar surface area (TPSA) is 44.3 Å². The van der Waals surface area contributed by atoms with Crippen molar-refractivity contribution in [2.24, 2.45) is 5.41 Å². The van der Waals surface area contributed by atoms with Crippen LogP contribution < -0.4 is 15.1 Å². The molecule has 0 amide bonds. The second-order valence-electron chi connectivity index (χ2n) is 5.89. The van der Waals surface area contributed by atoms with Crippen LogP contribution in [0.2, 0.25) is 0 Å². The summed E-state index contributed by atoms with van der Waals surface area (Å²) in [5, 5.41) is 3.48. The van der Waals surface area contributed by atoms with E-state index in [2.05, 4.69) is 40.1 Å². The highest BCUT2D eigenvalue weighted by Gasteiger charge is 2.25. The first kappa shape index (κ1) is 13.1. The molecular weight excluding hydrogens is 226 g/mol. The zero-order valence-corrected chi connectivity index (χ0v) is 11.8. The molecule has 1 saturated heterocycles. The Morgan fingerprint density at radius 1 is 1.33 bits per heavy atom. The molecule has 1 aromatic heterocycles. The molecule has 0 saturated carbocycles. The fraction of sp³-hybridized carbons (Fsp3) is 0.692. The Morgan fingerprint density at radius 2 is 2.11 bits per heavy atom. The Labute approximate surface area is 109 Å². The van der Waals surface area contributed by atoms with Gasteiger partial charge in [0.2, 0.25) is 0 Å². The maximum atomic E-state index is 4.41. The van der Waals surface area contributed by atoms with Gasteiger partial charge < -0.3 is 15.1 Å². The van der Waals surface area contributed by atoms with Crippen molar-refractivity contribution in [2.45, 2.75) is 13.8 Å². The third-order valence-electron chi connectivity index (χ3n) is 3.20. The van der Waals surface area contributed by atoms with E-state index in [9.17, 15) is 0 Å². The largest absolute Gasteiger partial charge is 0.363 e. The fourth-order valence-corrected chi connectivity index (χ4v) is 2.24. The van der Waals surface area contributed by atoms with Crippen molar-refractivity contribution in [1.82, 2.24) is 15.3 Å². The van der Waals surface area contributed by atoms with Gasteiger partial charge in [0.15, 0.2) is 0 Å². The van der Waals surface area contributed by atoms with Gasteiger partial charge in [-0.05, 0) is 5.41 Å². The number of rotatable bonds is 2. The van der Waals surface area contributed by atoms with E-state index >= 15 is 0 Å². The fourth-order valence-electron chi connectivity index (χ4n) is 2.24. The van der Waals surface area contributed by atoms with Crippen LogP contribution in [0.5, 0.6) is 0 Å². The van der Waals surface area contributed by atoms with Crippen LogP contribution in [0.3, 0.4) is 0 Å². The predicted octanol–water partition coefficient (Wildman–Crippen LogP) is 0.978. The van der Waals surface area contributed by atoms with Crippen LogP contribution in [-0.2, 0) is 0 Å². The minimum Gasteiger partial charge on any atom is -0.363 e. The summed E-state index contributed by atoms with van der Waals surface area (Å²) in [5.74, 6) is 1.97. The zero-order chi connectivity index (χ0) is 13.2. The molecule has 1 N–H and O–H groups in total. The van der Waals surface area contributed by atoms with Crippen LogP contribution >= 0.6 is 0 Å². The lowest BCUT2D eigenvalue weighted by atomic mass is 9.93. The lowest BCUT2D eigenvalue weighted by Gasteiger charge is -2.30. The van der Waals surface area contributed by atoms with Gasteiger partial charge in [-0.25, -0.2) is 9.97 Å². The van der Waals surface area contributed by atoms with Gasteiger partial charge in [0.05, 0.1) is 0 Å². The van der Waals surface area contributed by atoms with Crippen molar-refractivity contribution in [1.29, 1.82) is 0 Å². The lowest BCUT2D eigenvalue weighted by molar-refractivity contribution is 0.370. The molecule has 0 bridgehead atoms. The van der Waals surface area contributed by atoms with E-state index in [-0.39, 0.29) is 5.41 Å². The van der Waals surface area contributed by atoms with E-state index in [1.165, 1.54) is 0 Å². The number of nitrogens with zero attached hydrogens (tertiary/aromatic N) is 4. The molecule has 0 spiro atoms. The van der Waals surface area contributed by atoms with Crippen molar-refractivity contribution in [3.8, 4) is 0 Å². The van der Waals surface area contributed by atoms with E-state index < -0.39 is 0 Å². The molecule has 0 aromatic carbocycles. The molecule has 2 heterocycles. The molecule has 0 aliphatic carbocycles. The first-order chi connectivity index (χ1) is 8.48. The van der Waals surface area contributed by atoms with E-state index in [0.717, 1.165) is 37.8 Å². The summed E-state index contributed by atoms with van der Waals surface area (Å²) in [6.45, 7) is 8.63. The highest BCUT2D eigenvalue weighted by Crippen LogP contribution is 2.23. The summed E-state index contributed by atoms with van der Waals surface area (Å²) in [7, 11) is 4.00. The monoisotopic (exact) mass is 249 g/mol. The molecule has 1 fully saturated rings. The Hall–Kier alpha value is -1.36. The Kier molecular flexibility index (Phi) is 3.71. The minimum atomic E-state index is 0.264. The third kappa shape index (κ3) is 3.10. The maximum Gasteiger partial charge on any atom is 0.134 e. The van der Waals surface area contributed by atoms with E-state index in [0.29, 0.717) is 0 Å². The quantitative estimate of drug-likeness (QED) is 0.846. The Morgan fingerprint density at radius 3 is 2.83 bits per heavy atom. The van der Waals surface area contributed by atoms with Crippen molar-refractivity contribution < 1.29 is 0 Å². The summed E-state index contributed by atoms with van der Waals surface area (Å²) in [4.78, 5) is 13.0. The molecule has 0 radical (unpaired) electrons. The Balaban J connectivity index is 2.21. The standard InChI is InChI=1S/C13H23N5/c1-13(2)8-14-5-6-18(9-13)12-7-11(17(3)4)15-10-16-12/h7,10,14H,5-6,8-9H2,1-4H3. The third-order valence-corrected chi connectivity index (χ3v) is 3.20. The average Bonchev–Trinajstić information content (AvgIpc) is 2.50. The normalized spacial score (nSPS) is 19.4. The first-order valence-corrected chi connectivity index (χ1v) is 6.43. The van der Waals surface area contributed by atoms with Gasteiger partial charge in [-0.15, -0.1) is 0 Å². The van der Waals surface area contributed by atoms with Crippen LogP contribution in [0.15, 0.2) is 12.4 Å². The smallest absolute Gasteiger partial charge is 0.134 e. The molecule has 100 valence electrons. The van der Waals surface area contributed by atoms with E-state index in [1.807, 2.05) is 19.0 Å². The number of anilines is 2. The van der Waals surface area contributed by atoms with Crippen molar-refractivity contribution in [2.75, 3.05) is 50.1 Å². The van der Waals surface area contributed by atoms with Crippen molar-refractivity contribution in [3.63, 3.8) is 0 Å². The van der Waals surface area contributed by atoms with Crippen molar-refractivity contribution in [3.05, 3.63) is 12.4 Å². The van der Waals surface area contributed by atoms with Crippen LogP contribution in [0.1, 0.15) is 13.8 Å². The predicted molar refractivity (Wildman–Crippen MR) is 75.2 cm³/mol. The highest BCUT2D eigenvalue weighted by atomic mass is 15.2. The summed E-state index contributed by atoms with van der Waals surface area (Å²) in [6, 6.07) is 2.06. The first-order valence-electron chi connectivity index (χ1n) is 6.43. The van der Waals surface area contributed by atoms with Crippen LogP contribution in [-0.4, -0.2) is 50.2 Å². The molecule has 2 rings (SSSR count). The second kappa shape index (κ2) is 5.10. The van der Waals surface area contributed by atoms with Gasteiger partial charge in [0, 0.05) is 46.3 Å². The average molecular weight is 249 g/mol. The van der Waals surface area contributed by atoms with Crippen LogP contribution in [0.4, 0.5) is 11.6 Å². The lowest BCUT2D eigenvalue weighted by Crippen LogP contribution is -2.35. The number of aromatic nitrogens is 2. The van der Waals surface area contributed by atoms with Crippen LogP contribution in [0.25, 0.3) is 0 Å². The molecule has 1 aliphatic heterocycles. The maximum absolute atomic E-state index is 4.41. The van der Waals surface area contributed by atoms with Gasteiger partial charge in [0.25, 0.3) is 0 Å². The van der Waals surface area contributed by atoms with Crippen molar-refractivity contribution >= 4 is 11.6 Å².